The van der Waals surface area contributed by atoms with Gasteiger partial charge in [-0.15, -0.1) is 0 Å². The highest BCUT2D eigenvalue weighted by Crippen LogP contribution is 2.05. The molecule has 0 aliphatic heterocycles. The topological polar surface area (TPSA) is 91.5 Å². The van der Waals surface area contributed by atoms with Gasteiger partial charge >= 0.3 is 5.91 Å². The Bertz CT molecular complexity index is 983. The summed E-state index contributed by atoms with van der Waals surface area (Å²) in [7, 11) is 2.75. The van der Waals surface area contributed by atoms with Crippen LogP contribution in [0.1, 0.15) is 16.1 Å². The largest absolute Gasteiger partial charge is 0.375 e. The third-order valence-electron chi connectivity index (χ3n) is 4.03. The summed E-state index contributed by atoms with van der Waals surface area (Å²) in [6.07, 6.45) is 4.85. The Hall–Kier alpha value is -3.30. The number of ether oxygens (including phenoxy) is 1. The number of aromatic nitrogens is 4. The van der Waals surface area contributed by atoms with Gasteiger partial charge in [0.05, 0.1) is 39.3 Å². The van der Waals surface area contributed by atoms with E-state index in [4.69, 9.17) is 9.57 Å². The Morgan fingerprint density at radius 3 is 2.75 bits per heavy atom. The zero-order valence-corrected chi connectivity index (χ0v) is 15.7. The lowest BCUT2D eigenvalue weighted by atomic mass is 10.2. The number of amides is 1. The second-order valence-corrected chi connectivity index (χ2v) is 5.96. The second kappa shape index (κ2) is 9.07. The minimum atomic E-state index is -0.622. The van der Waals surface area contributed by atoms with Crippen molar-refractivity contribution < 1.29 is 14.4 Å². The summed E-state index contributed by atoms with van der Waals surface area (Å²) in [4.78, 5) is 28.9. The van der Waals surface area contributed by atoms with Gasteiger partial charge in [0.2, 0.25) is 5.43 Å². The van der Waals surface area contributed by atoms with E-state index in [9.17, 15) is 9.59 Å². The molecule has 0 aliphatic carbocycles. The van der Waals surface area contributed by atoms with Gasteiger partial charge < -0.3 is 4.74 Å². The van der Waals surface area contributed by atoms with Crippen LogP contribution in [0.5, 0.6) is 0 Å². The predicted molar refractivity (Wildman–Crippen MR) is 101 cm³/mol. The van der Waals surface area contributed by atoms with E-state index in [0.717, 1.165) is 10.6 Å². The maximum absolute atomic E-state index is 12.2. The fourth-order valence-electron chi connectivity index (χ4n) is 2.45. The van der Waals surface area contributed by atoms with E-state index >= 15 is 0 Å². The Morgan fingerprint density at radius 1 is 1.21 bits per heavy atom. The standard InChI is InChI=1S/C19H21N5O4/c1-22(27-2)19(26)18-17(25)8-9-24(21-18)16-12-20-23(13-16)10-11-28-14-15-6-4-3-5-7-15/h3-9,12-13H,10-11,14H2,1-2H3. The quantitative estimate of drug-likeness (QED) is 0.430. The molecule has 2 heterocycles. The number of hydrogen-bond donors (Lipinski definition) is 0. The molecule has 0 atom stereocenters. The van der Waals surface area contributed by atoms with Gasteiger partial charge in [0.1, 0.15) is 5.69 Å². The van der Waals surface area contributed by atoms with E-state index in [1.54, 1.807) is 17.1 Å². The number of carbonyl (C=O) groups is 1. The van der Waals surface area contributed by atoms with Crippen LogP contribution in [0, 0.1) is 0 Å². The first-order chi connectivity index (χ1) is 13.6. The van der Waals surface area contributed by atoms with Crippen molar-refractivity contribution in [3.05, 3.63) is 76.5 Å². The molecule has 146 valence electrons. The van der Waals surface area contributed by atoms with Gasteiger partial charge in [0.25, 0.3) is 0 Å². The first-order valence-corrected chi connectivity index (χ1v) is 8.65. The van der Waals surface area contributed by atoms with Crippen LogP contribution in [0.25, 0.3) is 5.69 Å². The molecule has 3 rings (SSSR count). The summed E-state index contributed by atoms with van der Waals surface area (Å²) in [6, 6.07) is 11.2. The fraction of sp³-hybridized carbons (Fsp3) is 0.263. The molecule has 1 aromatic carbocycles. The van der Waals surface area contributed by atoms with Crippen molar-refractivity contribution in [2.45, 2.75) is 13.2 Å². The highest BCUT2D eigenvalue weighted by Gasteiger charge is 2.18. The van der Waals surface area contributed by atoms with Crippen molar-refractivity contribution in [2.24, 2.45) is 0 Å². The van der Waals surface area contributed by atoms with E-state index < -0.39 is 11.3 Å². The lowest BCUT2D eigenvalue weighted by molar-refractivity contribution is -0.0762. The Labute approximate surface area is 161 Å². The molecule has 0 unspecified atom stereocenters. The molecular weight excluding hydrogens is 362 g/mol. The molecule has 1 amide bonds. The van der Waals surface area contributed by atoms with Gasteiger partial charge in [-0.2, -0.15) is 10.2 Å². The molecule has 0 spiro atoms. The average molecular weight is 383 g/mol. The van der Waals surface area contributed by atoms with E-state index in [0.29, 0.717) is 25.4 Å². The van der Waals surface area contributed by atoms with E-state index in [1.165, 1.54) is 31.1 Å². The fourth-order valence-corrected chi connectivity index (χ4v) is 2.45. The molecule has 0 bridgehead atoms. The summed E-state index contributed by atoms with van der Waals surface area (Å²) in [6.45, 7) is 1.59. The van der Waals surface area contributed by atoms with Crippen LogP contribution in [0.4, 0.5) is 0 Å². The summed E-state index contributed by atoms with van der Waals surface area (Å²) in [5.41, 5.74) is 1.02. The van der Waals surface area contributed by atoms with Crippen molar-refractivity contribution in [3.8, 4) is 5.69 Å². The Morgan fingerprint density at radius 2 is 2.00 bits per heavy atom. The van der Waals surface area contributed by atoms with Crippen LogP contribution >= 0.6 is 0 Å². The number of hydrogen-bond acceptors (Lipinski definition) is 6. The van der Waals surface area contributed by atoms with Gasteiger partial charge in [-0.1, -0.05) is 30.3 Å². The smallest absolute Gasteiger partial charge is 0.301 e. The number of hydroxylamine groups is 2. The second-order valence-electron chi connectivity index (χ2n) is 5.96. The molecule has 28 heavy (non-hydrogen) atoms. The molecule has 0 aliphatic rings. The van der Waals surface area contributed by atoms with Crippen molar-refractivity contribution in [1.82, 2.24) is 24.6 Å². The maximum Gasteiger partial charge on any atom is 0.301 e. The average Bonchev–Trinajstić information content (AvgIpc) is 3.20. The first kappa shape index (κ1) is 19.5. The molecule has 0 fully saturated rings. The van der Waals surface area contributed by atoms with Crippen LogP contribution < -0.4 is 5.43 Å². The zero-order chi connectivity index (χ0) is 19.9. The maximum atomic E-state index is 12.2. The molecule has 3 aromatic rings. The molecule has 9 heteroatoms. The summed E-state index contributed by atoms with van der Waals surface area (Å²) in [5, 5.41) is 9.32. The van der Waals surface area contributed by atoms with Gasteiger partial charge in [0.15, 0.2) is 5.69 Å². The van der Waals surface area contributed by atoms with Crippen molar-refractivity contribution in [3.63, 3.8) is 0 Å². The number of carbonyl (C=O) groups excluding carboxylic acids is 1. The van der Waals surface area contributed by atoms with Crippen molar-refractivity contribution in [1.29, 1.82) is 0 Å². The third kappa shape index (κ3) is 4.70. The number of benzene rings is 1. The zero-order valence-electron chi connectivity index (χ0n) is 15.7. The normalized spacial score (nSPS) is 10.8. The lowest BCUT2D eigenvalue weighted by Gasteiger charge is -2.12. The van der Waals surface area contributed by atoms with Crippen LogP contribution in [0.2, 0.25) is 0 Å². The molecule has 0 radical (unpaired) electrons. The molecule has 0 N–H and O–H groups in total. The highest BCUT2D eigenvalue weighted by atomic mass is 16.7. The van der Waals surface area contributed by atoms with Crippen LogP contribution in [-0.2, 0) is 22.7 Å². The number of rotatable bonds is 8. The lowest BCUT2D eigenvalue weighted by Crippen LogP contribution is -2.32. The Balaban J connectivity index is 1.63. The van der Waals surface area contributed by atoms with Gasteiger partial charge in [-0.3, -0.25) is 19.1 Å². The van der Waals surface area contributed by atoms with Gasteiger partial charge in [-0.05, 0) is 5.56 Å². The predicted octanol–water partition coefficient (Wildman–Crippen LogP) is 1.28. The molecule has 2 aromatic heterocycles. The van der Waals surface area contributed by atoms with E-state index in [2.05, 4.69) is 10.2 Å². The molecule has 0 saturated carbocycles. The van der Waals surface area contributed by atoms with Gasteiger partial charge in [-0.25, -0.2) is 9.75 Å². The van der Waals surface area contributed by atoms with Crippen LogP contribution in [0.15, 0.2) is 59.8 Å². The summed E-state index contributed by atoms with van der Waals surface area (Å²) < 4.78 is 8.79. The van der Waals surface area contributed by atoms with Crippen LogP contribution in [-0.4, -0.2) is 51.3 Å². The van der Waals surface area contributed by atoms with Gasteiger partial charge in [0, 0.05) is 19.3 Å². The molecule has 9 nitrogen and oxygen atoms in total. The van der Waals surface area contributed by atoms with E-state index in [1.807, 2.05) is 30.3 Å². The summed E-state index contributed by atoms with van der Waals surface area (Å²) in [5.74, 6) is -0.622. The first-order valence-electron chi connectivity index (χ1n) is 8.65. The third-order valence-corrected chi connectivity index (χ3v) is 4.03. The Kier molecular flexibility index (Phi) is 6.30. The minimum absolute atomic E-state index is 0.231. The molecular formula is C19H21N5O4. The monoisotopic (exact) mass is 383 g/mol. The number of nitrogens with zero attached hydrogens (tertiary/aromatic N) is 5. The SMILES string of the molecule is CON(C)C(=O)c1nn(-c2cnn(CCOCc3ccccc3)c2)ccc1=O. The van der Waals surface area contributed by atoms with Crippen LogP contribution in [0.3, 0.4) is 0 Å². The minimum Gasteiger partial charge on any atom is -0.375 e. The van der Waals surface area contributed by atoms with Crippen molar-refractivity contribution >= 4 is 5.91 Å². The summed E-state index contributed by atoms with van der Waals surface area (Å²) >= 11 is 0. The molecule has 0 saturated heterocycles. The van der Waals surface area contributed by atoms with E-state index in [-0.39, 0.29) is 5.69 Å². The van der Waals surface area contributed by atoms with Crippen molar-refractivity contribution in [2.75, 3.05) is 20.8 Å². The highest BCUT2D eigenvalue weighted by molar-refractivity contribution is 5.91.